The number of carbonyl (C=O) groups excluding carboxylic acids is 1. The third-order valence-corrected chi connectivity index (χ3v) is 3.41. The molecule has 108 valence electrons. The molecule has 0 fully saturated rings. The van der Waals surface area contributed by atoms with Crippen molar-refractivity contribution in [1.29, 1.82) is 0 Å². The van der Waals surface area contributed by atoms with E-state index >= 15 is 0 Å². The Morgan fingerprint density at radius 1 is 1.40 bits per heavy atom. The highest BCUT2D eigenvalue weighted by molar-refractivity contribution is 7.80. The second kappa shape index (κ2) is 6.30. The monoisotopic (exact) mass is 295 g/mol. The van der Waals surface area contributed by atoms with Gasteiger partial charge in [0.05, 0.1) is 12.7 Å². The van der Waals surface area contributed by atoms with Crippen LogP contribution >= 0.6 is 12.6 Å². The summed E-state index contributed by atoms with van der Waals surface area (Å²) >= 11 is 3.95. The number of aromatic nitrogens is 1. The molecule has 0 saturated heterocycles. The second-order valence-corrected chi connectivity index (χ2v) is 4.81. The summed E-state index contributed by atoms with van der Waals surface area (Å²) in [7, 11) is 0. The van der Waals surface area contributed by atoms with Crippen LogP contribution in [0.3, 0.4) is 0 Å². The van der Waals surface area contributed by atoms with Crippen LogP contribution in [0.15, 0.2) is 24.3 Å². The molecule has 0 spiro atoms. The number of aliphatic hydroxyl groups is 2. The molecule has 1 aromatic heterocycles. The molecule has 0 aliphatic rings. The highest BCUT2D eigenvalue weighted by atomic mass is 32.1. The molecule has 2 aromatic rings. The van der Waals surface area contributed by atoms with Gasteiger partial charge in [-0.15, -0.1) is 0 Å². The summed E-state index contributed by atoms with van der Waals surface area (Å²) in [4.78, 5) is 14.6. The summed E-state index contributed by atoms with van der Waals surface area (Å²) in [6.07, 6.45) is -1.94. The van der Waals surface area contributed by atoms with Crippen molar-refractivity contribution in [1.82, 2.24) is 4.98 Å². The molecule has 2 atom stereocenters. The number of carbonyl (C=O) groups is 1. The minimum atomic E-state index is -1.01. The number of fused-ring (bicyclic) bond motifs is 1. The third kappa shape index (κ3) is 2.98. The standard InChI is InChI=1S/C14H17NO4S/c1-2-19-14(18)11-5-8-3-4-9(6-10(8)15-11)13(17)12(16)7-20/h3-6,12-13,15-17,20H,2,7H2,1H3. The Hall–Kier alpha value is -1.50. The molecule has 20 heavy (non-hydrogen) atoms. The lowest BCUT2D eigenvalue weighted by Gasteiger charge is -2.15. The molecular weight excluding hydrogens is 278 g/mol. The van der Waals surface area contributed by atoms with Crippen molar-refractivity contribution in [2.75, 3.05) is 12.4 Å². The molecule has 1 heterocycles. The topological polar surface area (TPSA) is 82.6 Å². The molecule has 1 aromatic carbocycles. The van der Waals surface area contributed by atoms with Crippen LogP contribution in [0.5, 0.6) is 0 Å². The van der Waals surface area contributed by atoms with Crippen LogP contribution < -0.4 is 0 Å². The van der Waals surface area contributed by atoms with Gasteiger partial charge < -0.3 is 19.9 Å². The number of rotatable bonds is 5. The van der Waals surface area contributed by atoms with Crippen molar-refractivity contribution >= 4 is 29.5 Å². The number of esters is 1. The first-order valence-corrected chi connectivity index (χ1v) is 6.96. The second-order valence-electron chi connectivity index (χ2n) is 4.44. The van der Waals surface area contributed by atoms with E-state index in [0.717, 1.165) is 5.39 Å². The predicted octanol–water partition coefficient (Wildman–Crippen LogP) is 1.67. The summed E-state index contributed by atoms with van der Waals surface area (Å²) < 4.78 is 4.92. The van der Waals surface area contributed by atoms with E-state index in [2.05, 4.69) is 17.6 Å². The van der Waals surface area contributed by atoms with Crippen LogP contribution in [-0.4, -0.2) is 39.6 Å². The van der Waals surface area contributed by atoms with Gasteiger partial charge in [0.2, 0.25) is 0 Å². The number of hydrogen-bond acceptors (Lipinski definition) is 5. The summed E-state index contributed by atoms with van der Waals surface area (Å²) in [6, 6.07) is 6.88. The zero-order valence-electron chi connectivity index (χ0n) is 11.0. The maximum atomic E-state index is 11.6. The minimum absolute atomic E-state index is 0.165. The fourth-order valence-electron chi connectivity index (χ4n) is 1.97. The highest BCUT2D eigenvalue weighted by Crippen LogP contribution is 2.23. The first-order chi connectivity index (χ1) is 9.56. The van der Waals surface area contributed by atoms with Crippen molar-refractivity contribution in [3.05, 3.63) is 35.5 Å². The van der Waals surface area contributed by atoms with Crippen LogP contribution in [0.25, 0.3) is 10.9 Å². The number of aromatic amines is 1. The van der Waals surface area contributed by atoms with Gasteiger partial charge >= 0.3 is 5.97 Å². The fourth-order valence-corrected chi connectivity index (χ4v) is 2.17. The Morgan fingerprint density at radius 2 is 2.15 bits per heavy atom. The molecular formula is C14H17NO4S. The average molecular weight is 295 g/mol. The molecule has 3 N–H and O–H groups in total. The van der Waals surface area contributed by atoms with E-state index < -0.39 is 18.2 Å². The molecule has 0 amide bonds. The Labute approximate surface area is 122 Å². The normalized spacial score (nSPS) is 14.2. The van der Waals surface area contributed by atoms with Crippen LogP contribution in [-0.2, 0) is 4.74 Å². The first-order valence-electron chi connectivity index (χ1n) is 6.33. The molecule has 0 saturated carbocycles. The maximum Gasteiger partial charge on any atom is 0.354 e. The zero-order chi connectivity index (χ0) is 14.7. The number of H-pyrrole nitrogens is 1. The molecule has 6 heteroatoms. The lowest BCUT2D eigenvalue weighted by atomic mass is 10.0. The molecule has 5 nitrogen and oxygen atoms in total. The molecule has 2 unspecified atom stereocenters. The van der Waals surface area contributed by atoms with E-state index in [1.165, 1.54) is 0 Å². The van der Waals surface area contributed by atoms with Crippen molar-refractivity contribution in [3.63, 3.8) is 0 Å². The predicted molar refractivity (Wildman–Crippen MR) is 79.1 cm³/mol. The summed E-state index contributed by atoms with van der Waals surface area (Å²) in [6.45, 7) is 2.06. The van der Waals surface area contributed by atoms with Crippen molar-refractivity contribution < 1.29 is 19.7 Å². The van der Waals surface area contributed by atoms with Crippen molar-refractivity contribution in [2.45, 2.75) is 19.1 Å². The number of aliphatic hydroxyl groups excluding tert-OH is 2. The SMILES string of the molecule is CCOC(=O)c1cc2ccc(C(O)C(O)CS)cc2[nH]1. The van der Waals surface area contributed by atoms with Gasteiger partial charge in [-0.25, -0.2) is 4.79 Å². The number of benzene rings is 1. The largest absolute Gasteiger partial charge is 0.461 e. The molecule has 0 aliphatic carbocycles. The molecule has 0 bridgehead atoms. The van der Waals surface area contributed by atoms with E-state index in [1.807, 2.05) is 0 Å². The van der Waals surface area contributed by atoms with Gasteiger partial charge in [0.1, 0.15) is 11.8 Å². The van der Waals surface area contributed by atoms with Gasteiger partial charge in [-0.1, -0.05) is 12.1 Å². The molecule has 2 rings (SSSR count). The number of thiol groups is 1. The van der Waals surface area contributed by atoms with Gasteiger partial charge in [-0.2, -0.15) is 12.6 Å². The first kappa shape index (κ1) is 14.9. The van der Waals surface area contributed by atoms with Gasteiger partial charge in [-0.05, 0) is 24.6 Å². The Kier molecular flexibility index (Phi) is 4.69. The summed E-state index contributed by atoms with van der Waals surface area (Å²) in [5.74, 6) is -0.251. The van der Waals surface area contributed by atoms with Crippen LogP contribution in [0.1, 0.15) is 29.1 Å². The Balaban J connectivity index is 2.32. The number of ether oxygens (including phenoxy) is 1. The maximum absolute atomic E-state index is 11.6. The van der Waals surface area contributed by atoms with Crippen LogP contribution in [0.2, 0.25) is 0 Å². The molecule has 0 radical (unpaired) electrons. The zero-order valence-corrected chi connectivity index (χ0v) is 11.9. The van der Waals surface area contributed by atoms with Gasteiger partial charge in [0, 0.05) is 16.7 Å². The van der Waals surface area contributed by atoms with E-state index in [4.69, 9.17) is 4.74 Å². The third-order valence-electron chi connectivity index (χ3n) is 3.03. The quantitative estimate of drug-likeness (QED) is 0.499. The minimum Gasteiger partial charge on any atom is -0.461 e. The van der Waals surface area contributed by atoms with Gasteiger partial charge in [0.15, 0.2) is 0 Å². The summed E-state index contributed by atoms with van der Waals surface area (Å²) in [5, 5.41) is 20.4. The van der Waals surface area contributed by atoms with E-state index in [-0.39, 0.29) is 5.75 Å². The lowest BCUT2D eigenvalue weighted by Crippen LogP contribution is -2.19. The fraction of sp³-hybridized carbons (Fsp3) is 0.357. The van der Waals surface area contributed by atoms with Crippen LogP contribution in [0, 0.1) is 0 Å². The van der Waals surface area contributed by atoms with Gasteiger partial charge in [-0.3, -0.25) is 0 Å². The number of hydrogen-bond donors (Lipinski definition) is 4. The highest BCUT2D eigenvalue weighted by Gasteiger charge is 2.18. The van der Waals surface area contributed by atoms with Crippen molar-refractivity contribution in [3.8, 4) is 0 Å². The van der Waals surface area contributed by atoms with E-state index in [0.29, 0.717) is 23.4 Å². The van der Waals surface area contributed by atoms with Crippen LogP contribution in [0.4, 0.5) is 0 Å². The van der Waals surface area contributed by atoms with E-state index in [9.17, 15) is 15.0 Å². The lowest BCUT2D eigenvalue weighted by molar-refractivity contribution is 0.0338. The van der Waals surface area contributed by atoms with E-state index in [1.54, 1.807) is 31.2 Å². The number of nitrogens with one attached hydrogen (secondary N) is 1. The van der Waals surface area contributed by atoms with Gasteiger partial charge in [0.25, 0.3) is 0 Å². The van der Waals surface area contributed by atoms with Crippen molar-refractivity contribution in [2.24, 2.45) is 0 Å². The summed E-state index contributed by atoms with van der Waals surface area (Å²) in [5.41, 5.74) is 1.63. The molecule has 0 aliphatic heterocycles. The smallest absolute Gasteiger partial charge is 0.354 e. The average Bonchev–Trinajstić information content (AvgIpc) is 2.88. The Morgan fingerprint density at radius 3 is 2.80 bits per heavy atom. The Bertz CT molecular complexity index is 610.